The molecule has 1 amide bonds. The van der Waals surface area contributed by atoms with Crippen LogP contribution in [0.5, 0.6) is 0 Å². The summed E-state index contributed by atoms with van der Waals surface area (Å²) in [7, 11) is 0. The van der Waals surface area contributed by atoms with Gasteiger partial charge in [-0.1, -0.05) is 18.6 Å². The number of anilines is 1. The van der Waals surface area contributed by atoms with Crippen LogP contribution in [0.4, 0.5) is 5.95 Å². The lowest BCUT2D eigenvalue weighted by molar-refractivity contribution is -0.122. The van der Waals surface area contributed by atoms with Gasteiger partial charge >= 0.3 is 0 Å². The fourth-order valence-corrected chi connectivity index (χ4v) is 4.71. The summed E-state index contributed by atoms with van der Waals surface area (Å²) in [5.74, 6) is 1.88. The first-order valence-corrected chi connectivity index (χ1v) is 9.19. The van der Waals surface area contributed by atoms with Crippen molar-refractivity contribution < 1.29 is 4.79 Å². The van der Waals surface area contributed by atoms with Crippen LogP contribution in [-0.4, -0.2) is 21.5 Å². The molecule has 2 atom stereocenters. The van der Waals surface area contributed by atoms with Crippen molar-refractivity contribution in [3.05, 3.63) is 24.3 Å². The Labute approximate surface area is 142 Å². The van der Waals surface area contributed by atoms with Gasteiger partial charge in [-0.3, -0.25) is 10.1 Å². The van der Waals surface area contributed by atoms with Gasteiger partial charge in [0.2, 0.25) is 11.9 Å². The third-order valence-corrected chi connectivity index (χ3v) is 5.99. The van der Waals surface area contributed by atoms with E-state index >= 15 is 0 Å². The van der Waals surface area contributed by atoms with Crippen LogP contribution in [0.25, 0.3) is 11.0 Å². The topological polar surface area (TPSA) is 72.9 Å². The van der Waals surface area contributed by atoms with E-state index in [0.717, 1.165) is 30.4 Å². The number of rotatable bonds is 3. The Hall–Kier alpha value is -1.88. The quantitative estimate of drug-likeness (QED) is 0.910. The molecule has 0 saturated heterocycles. The van der Waals surface area contributed by atoms with Gasteiger partial charge in [-0.2, -0.15) is 0 Å². The summed E-state index contributed by atoms with van der Waals surface area (Å²) in [6.45, 7) is 2.87. The largest absolute Gasteiger partial charge is 0.327 e. The number of para-hydroxylation sites is 2. The van der Waals surface area contributed by atoms with E-state index in [4.69, 9.17) is 5.73 Å². The molecule has 1 heterocycles. The molecule has 0 aliphatic heterocycles. The molecule has 1 aromatic heterocycles. The van der Waals surface area contributed by atoms with Crippen LogP contribution in [0.1, 0.15) is 39.0 Å². The van der Waals surface area contributed by atoms with Crippen molar-refractivity contribution in [3.63, 3.8) is 0 Å². The van der Waals surface area contributed by atoms with Crippen molar-refractivity contribution in [1.82, 2.24) is 9.55 Å². The molecule has 1 aromatic carbocycles. The Morgan fingerprint density at radius 1 is 1.29 bits per heavy atom. The van der Waals surface area contributed by atoms with Crippen molar-refractivity contribution >= 4 is 22.9 Å². The highest BCUT2D eigenvalue weighted by Gasteiger charge is 2.40. The van der Waals surface area contributed by atoms with Crippen molar-refractivity contribution in [2.75, 3.05) is 5.32 Å². The lowest BCUT2D eigenvalue weighted by Crippen LogP contribution is -2.48. The second-order valence-corrected chi connectivity index (χ2v) is 7.35. The number of aryl methyl sites for hydroxylation is 1. The highest BCUT2D eigenvalue weighted by atomic mass is 16.2. The summed E-state index contributed by atoms with van der Waals surface area (Å²) in [5, 5.41) is 3.10. The predicted octanol–water partition coefficient (Wildman–Crippen LogP) is 3.15. The predicted molar refractivity (Wildman–Crippen MR) is 95.6 cm³/mol. The molecule has 0 spiro atoms. The number of aromatic nitrogens is 2. The molecule has 4 rings (SSSR count). The van der Waals surface area contributed by atoms with Gasteiger partial charge in [0, 0.05) is 18.5 Å². The van der Waals surface area contributed by atoms with Crippen LogP contribution in [0.2, 0.25) is 0 Å². The summed E-state index contributed by atoms with van der Waals surface area (Å²) in [4.78, 5) is 17.5. The van der Waals surface area contributed by atoms with Crippen LogP contribution >= 0.6 is 0 Å². The molecule has 2 bridgehead atoms. The maximum absolute atomic E-state index is 12.8. The van der Waals surface area contributed by atoms with Crippen molar-refractivity contribution in [2.45, 2.75) is 51.6 Å². The number of nitrogens with zero attached hydrogens (tertiary/aromatic N) is 2. The summed E-state index contributed by atoms with van der Waals surface area (Å²) in [6, 6.07) is 8.31. The molecule has 2 aliphatic rings. The average molecular weight is 326 g/mol. The van der Waals surface area contributed by atoms with Gasteiger partial charge in [-0.25, -0.2) is 4.98 Å². The lowest BCUT2D eigenvalue weighted by atomic mass is 9.65. The smallest absolute Gasteiger partial charge is 0.229 e. The van der Waals surface area contributed by atoms with Gasteiger partial charge in [-0.15, -0.1) is 0 Å². The lowest BCUT2D eigenvalue weighted by Gasteiger charge is -2.43. The average Bonchev–Trinajstić information content (AvgIpc) is 2.91. The van der Waals surface area contributed by atoms with Gasteiger partial charge in [0.25, 0.3) is 0 Å². The molecule has 128 valence electrons. The Balaban J connectivity index is 1.54. The normalized spacial score (nSPS) is 29.6. The summed E-state index contributed by atoms with van der Waals surface area (Å²) >= 11 is 0. The first-order chi connectivity index (χ1) is 11.7. The third-order valence-electron chi connectivity index (χ3n) is 5.99. The van der Waals surface area contributed by atoms with E-state index in [1.165, 1.54) is 19.3 Å². The molecule has 2 saturated carbocycles. The number of amides is 1. The SMILES string of the molecule is CCn1c(NC(=O)C2CC3CCCC(C2)C3N)nc2ccccc21. The van der Waals surface area contributed by atoms with Gasteiger partial charge in [0.1, 0.15) is 0 Å². The second kappa shape index (κ2) is 6.20. The molecule has 5 nitrogen and oxygen atoms in total. The van der Waals surface area contributed by atoms with Crippen molar-refractivity contribution in [3.8, 4) is 0 Å². The van der Waals surface area contributed by atoms with E-state index in [1.807, 2.05) is 24.3 Å². The third kappa shape index (κ3) is 2.61. The first-order valence-electron chi connectivity index (χ1n) is 9.19. The van der Waals surface area contributed by atoms with Gasteiger partial charge < -0.3 is 10.3 Å². The molecule has 2 aromatic rings. The van der Waals surface area contributed by atoms with Gasteiger partial charge in [0.05, 0.1) is 11.0 Å². The maximum Gasteiger partial charge on any atom is 0.229 e. The monoisotopic (exact) mass is 326 g/mol. The Kier molecular flexibility index (Phi) is 4.04. The van der Waals surface area contributed by atoms with Crippen LogP contribution in [-0.2, 0) is 11.3 Å². The van der Waals surface area contributed by atoms with E-state index in [2.05, 4.69) is 21.8 Å². The minimum Gasteiger partial charge on any atom is -0.327 e. The van der Waals surface area contributed by atoms with E-state index in [1.54, 1.807) is 0 Å². The van der Waals surface area contributed by atoms with E-state index in [9.17, 15) is 4.79 Å². The Morgan fingerprint density at radius 3 is 2.71 bits per heavy atom. The van der Waals surface area contributed by atoms with Crippen molar-refractivity contribution in [1.29, 1.82) is 0 Å². The van der Waals surface area contributed by atoms with Crippen molar-refractivity contribution in [2.24, 2.45) is 23.5 Å². The van der Waals surface area contributed by atoms with E-state index in [0.29, 0.717) is 23.8 Å². The second-order valence-electron chi connectivity index (χ2n) is 7.35. The highest BCUT2D eigenvalue weighted by molar-refractivity contribution is 5.93. The Bertz CT molecular complexity index is 739. The molecule has 2 fully saturated rings. The zero-order valence-corrected chi connectivity index (χ0v) is 14.2. The van der Waals surface area contributed by atoms with E-state index in [-0.39, 0.29) is 11.8 Å². The number of carbonyl (C=O) groups is 1. The zero-order valence-electron chi connectivity index (χ0n) is 14.2. The van der Waals surface area contributed by atoms with E-state index < -0.39 is 0 Å². The first kappa shape index (κ1) is 15.6. The molecular formula is C19H26N4O. The van der Waals surface area contributed by atoms with Crippen LogP contribution in [0.15, 0.2) is 24.3 Å². The van der Waals surface area contributed by atoms with Crippen LogP contribution in [0, 0.1) is 17.8 Å². The fraction of sp³-hybridized carbons (Fsp3) is 0.579. The summed E-state index contributed by atoms with van der Waals surface area (Å²) in [5.41, 5.74) is 8.34. The molecule has 2 unspecified atom stereocenters. The number of hydrogen-bond acceptors (Lipinski definition) is 3. The summed E-state index contributed by atoms with van der Waals surface area (Å²) < 4.78 is 2.07. The molecule has 2 aliphatic carbocycles. The number of benzene rings is 1. The number of carbonyl (C=O) groups excluding carboxylic acids is 1. The number of nitrogens with two attached hydrogens (primary N) is 1. The minimum absolute atomic E-state index is 0.0743. The molecule has 5 heteroatoms. The standard InChI is InChI=1S/C19H26N4O/c1-2-23-16-9-4-3-8-15(16)21-19(23)22-18(24)14-10-12-6-5-7-13(11-14)17(12)20/h3-4,8-9,12-14,17H,2,5-7,10-11,20H2,1H3,(H,21,22,24). The van der Waals surface area contributed by atoms with Gasteiger partial charge in [0.15, 0.2) is 0 Å². The summed E-state index contributed by atoms with van der Waals surface area (Å²) in [6.07, 6.45) is 5.47. The molecule has 3 N–H and O–H groups in total. The Morgan fingerprint density at radius 2 is 2.00 bits per heavy atom. The number of nitrogens with one attached hydrogen (secondary N) is 1. The van der Waals surface area contributed by atoms with Gasteiger partial charge in [-0.05, 0) is 56.6 Å². The maximum atomic E-state index is 12.8. The fourth-order valence-electron chi connectivity index (χ4n) is 4.71. The molecular weight excluding hydrogens is 300 g/mol. The molecule has 24 heavy (non-hydrogen) atoms. The number of imidazole rings is 1. The minimum atomic E-state index is 0.0743. The number of fused-ring (bicyclic) bond motifs is 3. The van der Waals surface area contributed by atoms with Crippen LogP contribution < -0.4 is 11.1 Å². The highest BCUT2D eigenvalue weighted by Crippen LogP contribution is 2.42. The zero-order chi connectivity index (χ0) is 16.7. The molecule has 0 radical (unpaired) electrons. The number of hydrogen-bond donors (Lipinski definition) is 2. The van der Waals surface area contributed by atoms with Crippen LogP contribution in [0.3, 0.4) is 0 Å².